The van der Waals surface area contributed by atoms with Gasteiger partial charge in [0.05, 0.1) is 0 Å². The Morgan fingerprint density at radius 3 is 2.67 bits per heavy atom. The normalized spacial score (nSPS) is 9.87. The van der Waals surface area contributed by atoms with Crippen LogP contribution in [0.5, 0.6) is 5.75 Å². The summed E-state index contributed by atoms with van der Waals surface area (Å²) in [4.78, 5) is 12.8. The van der Waals surface area contributed by atoms with E-state index in [4.69, 9.17) is 4.74 Å². The number of ether oxygens (including phenoxy) is 1. The highest BCUT2D eigenvalue weighted by Crippen LogP contribution is 2.21. The molecule has 0 fully saturated rings. The summed E-state index contributed by atoms with van der Waals surface area (Å²) < 4.78 is 6.39. The Bertz CT molecular complexity index is 364. The van der Waals surface area contributed by atoms with Gasteiger partial charge >= 0.3 is 0 Å². The Balaban J connectivity index is 2.58. The van der Waals surface area contributed by atoms with E-state index in [1.54, 1.807) is 14.1 Å². The van der Waals surface area contributed by atoms with Crippen LogP contribution in [0, 0.1) is 6.92 Å². The maximum atomic E-state index is 11.3. The van der Waals surface area contributed by atoms with E-state index in [-0.39, 0.29) is 12.5 Å². The highest BCUT2D eigenvalue weighted by molar-refractivity contribution is 9.10. The number of hydrogen-bond donors (Lipinski definition) is 0. The first kappa shape index (κ1) is 12.0. The standard InChI is InChI=1S/C11H14BrNO2/c1-8-6-9(4-5-10(8)12)15-7-11(14)13(2)3/h4-6H,7H2,1-3H3. The molecule has 0 bridgehead atoms. The molecule has 82 valence electrons. The lowest BCUT2D eigenvalue weighted by molar-refractivity contribution is -0.130. The molecule has 4 heteroatoms. The van der Waals surface area contributed by atoms with Crippen LogP contribution in [0.15, 0.2) is 22.7 Å². The maximum Gasteiger partial charge on any atom is 0.259 e. The zero-order valence-corrected chi connectivity index (χ0v) is 10.7. The van der Waals surface area contributed by atoms with Crippen LogP contribution in [-0.2, 0) is 4.79 Å². The molecule has 0 atom stereocenters. The third-order valence-electron chi connectivity index (χ3n) is 1.99. The number of benzene rings is 1. The second-order valence-electron chi connectivity index (χ2n) is 3.49. The number of halogens is 1. The first-order valence-corrected chi connectivity index (χ1v) is 5.39. The predicted octanol–water partition coefficient (Wildman–Crippen LogP) is 2.22. The molecule has 0 radical (unpaired) electrons. The average molecular weight is 272 g/mol. The first-order chi connectivity index (χ1) is 7.00. The minimum absolute atomic E-state index is 0.0458. The quantitative estimate of drug-likeness (QED) is 0.844. The molecule has 1 aromatic rings. The van der Waals surface area contributed by atoms with E-state index in [0.29, 0.717) is 5.75 Å². The van der Waals surface area contributed by atoms with Crippen molar-refractivity contribution in [2.24, 2.45) is 0 Å². The predicted molar refractivity (Wildman–Crippen MR) is 63.1 cm³/mol. The summed E-state index contributed by atoms with van der Waals surface area (Å²) in [7, 11) is 3.41. The van der Waals surface area contributed by atoms with Crippen molar-refractivity contribution in [3.63, 3.8) is 0 Å². The molecule has 0 N–H and O–H groups in total. The molecule has 1 rings (SSSR count). The average Bonchev–Trinajstić information content (AvgIpc) is 2.19. The molecule has 1 aromatic carbocycles. The lowest BCUT2D eigenvalue weighted by Crippen LogP contribution is -2.27. The van der Waals surface area contributed by atoms with Crippen LogP contribution in [0.3, 0.4) is 0 Å². The number of hydrogen-bond acceptors (Lipinski definition) is 2. The molecular formula is C11H14BrNO2. The molecule has 1 amide bonds. The fraction of sp³-hybridized carbons (Fsp3) is 0.364. The number of amides is 1. The van der Waals surface area contributed by atoms with Crippen molar-refractivity contribution in [1.29, 1.82) is 0 Å². The van der Waals surface area contributed by atoms with Crippen molar-refractivity contribution < 1.29 is 9.53 Å². The molecule has 15 heavy (non-hydrogen) atoms. The van der Waals surface area contributed by atoms with Gasteiger partial charge in [-0.15, -0.1) is 0 Å². The van der Waals surface area contributed by atoms with E-state index < -0.39 is 0 Å². The van der Waals surface area contributed by atoms with Gasteiger partial charge in [0.15, 0.2) is 6.61 Å². The summed E-state index contributed by atoms with van der Waals surface area (Å²) in [6.07, 6.45) is 0. The smallest absolute Gasteiger partial charge is 0.259 e. The number of likely N-dealkylation sites (N-methyl/N-ethyl adjacent to an activating group) is 1. The Labute approximate surface area is 98.2 Å². The van der Waals surface area contributed by atoms with Crippen molar-refractivity contribution in [2.75, 3.05) is 20.7 Å². The zero-order valence-electron chi connectivity index (χ0n) is 9.08. The Morgan fingerprint density at radius 2 is 2.13 bits per heavy atom. The van der Waals surface area contributed by atoms with Gasteiger partial charge in [-0.2, -0.15) is 0 Å². The van der Waals surface area contributed by atoms with Gasteiger partial charge in [-0.1, -0.05) is 15.9 Å². The second kappa shape index (κ2) is 5.16. The molecule has 0 aliphatic heterocycles. The monoisotopic (exact) mass is 271 g/mol. The summed E-state index contributed by atoms with van der Waals surface area (Å²) in [6.45, 7) is 2.05. The lowest BCUT2D eigenvalue weighted by atomic mass is 10.2. The van der Waals surface area contributed by atoms with Crippen LogP contribution in [0.1, 0.15) is 5.56 Å². The van der Waals surface area contributed by atoms with Gasteiger partial charge in [-0.05, 0) is 30.7 Å². The molecule has 0 saturated carbocycles. The van der Waals surface area contributed by atoms with E-state index in [9.17, 15) is 4.79 Å². The topological polar surface area (TPSA) is 29.5 Å². The Morgan fingerprint density at radius 1 is 1.47 bits per heavy atom. The van der Waals surface area contributed by atoms with Crippen LogP contribution in [-0.4, -0.2) is 31.5 Å². The van der Waals surface area contributed by atoms with E-state index >= 15 is 0 Å². The SMILES string of the molecule is Cc1cc(OCC(=O)N(C)C)ccc1Br. The summed E-state index contributed by atoms with van der Waals surface area (Å²) in [6, 6.07) is 5.64. The third-order valence-corrected chi connectivity index (χ3v) is 2.88. The minimum atomic E-state index is -0.0458. The van der Waals surface area contributed by atoms with Gasteiger partial charge in [0.2, 0.25) is 0 Å². The molecule has 0 heterocycles. The Hall–Kier alpha value is -1.03. The molecule has 3 nitrogen and oxygen atoms in total. The largest absolute Gasteiger partial charge is 0.484 e. The van der Waals surface area contributed by atoms with E-state index in [1.165, 1.54) is 4.90 Å². The van der Waals surface area contributed by atoms with Crippen LogP contribution < -0.4 is 4.74 Å². The van der Waals surface area contributed by atoms with Crippen LogP contribution in [0.25, 0.3) is 0 Å². The minimum Gasteiger partial charge on any atom is -0.484 e. The summed E-state index contributed by atoms with van der Waals surface area (Å²) in [5, 5.41) is 0. The highest BCUT2D eigenvalue weighted by atomic mass is 79.9. The highest BCUT2D eigenvalue weighted by Gasteiger charge is 2.05. The number of aryl methyl sites for hydroxylation is 1. The molecule has 0 aromatic heterocycles. The van der Waals surface area contributed by atoms with Crippen LogP contribution in [0.4, 0.5) is 0 Å². The maximum absolute atomic E-state index is 11.3. The van der Waals surface area contributed by atoms with Crippen molar-refractivity contribution >= 4 is 21.8 Å². The van der Waals surface area contributed by atoms with Gasteiger partial charge < -0.3 is 9.64 Å². The summed E-state index contributed by atoms with van der Waals surface area (Å²) in [5.74, 6) is 0.668. The zero-order chi connectivity index (χ0) is 11.4. The van der Waals surface area contributed by atoms with Gasteiger partial charge in [-0.3, -0.25) is 4.79 Å². The second-order valence-corrected chi connectivity index (χ2v) is 4.34. The summed E-state index contributed by atoms with van der Waals surface area (Å²) in [5.41, 5.74) is 1.09. The van der Waals surface area contributed by atoms with Gasteiger partial charge in [0.25, 0.3) is 5.91 Å². The molecular weight excluding hydrogens is 258 g/mol. The van der Waals surface area contributed by atoms with Gasteiger partial charge in [-0.25, -0.2) is 0 Å². The fourth-order valence-corrected chi connectivity index (χ4v) is 1.23. The van der Waals surface area contributed by atoms with Crippen molar-refractivity contribution in [2.45, 2.75) is 6.92 Å². The third kappa shape index (κ3) is 3.55. The number of carbonyl (C=O) groups is 1. The fourth-order valence-electron chi connectivity index (χ4n) is 0.981. The molecule has 0 aliphatic carbocycles. The van der Waals surface area contributed by atoms with Crippen LogP contribution >= 0.6 is 15.9 Å². The first-order valence-electron chi connectivity index (χ1n) is 4.60. The van der Waals surface area contributed by atoms with Crippen molar-refractivity contribution in [1.82, 2.24) is 4.90 Å². The van der Waals surface area contributed by atoms with Crippen molar-refractivity contribution in [3.05, 3.63) is 28.2 Å². The van der Waals surface area contributed by atoms with E-state index in [2.05, 4.69) is 15.9 Å². The van der Waals surface area contributed by atoms with Gasteiger partial charge in [0.1, 0.15) is 5.75 Å². The van der Waals surface area contributed by atoms with Crippen LogP contribution in [0.2, 0.25) is 0 Å². The molecule has 0 saturated heterocycles. The van der Waals surface area contributed by atoms with Gasteiger partial charge in [0, 0.05) is 18.6 Å². The number of carbonyl (C=O) groups excluding carboxylic acids is 1. The van der Waals surface area contributed by atoms with E-state index in [1.807, 2.05) is 25.1 Å². The Kier molecular flexibility index (Phi) is 4.15. The lowest BCUT2D eigenvalue weighted by Gasteiger charge is -2.11. The molecule has 0 spiro atoms. The number of rotatable bonds is 3. The number of nitrogens with zero attached hydrogens (tertiary/aromatic N) is 1. The molecule has 0 unspecified atom stereocenters. The summed E-state index contributed by atoms with van der Waals surface area (Å²) >= 11 is 3.40. The molecule has 0 aliphatic rings. The van der Waals surface area contributed by atoms with Crippen molar-refractivity contribution in [3.8, 4) is 5.75 Å². The van der Waals surface area contributed by atoms with E-state index in [0.717, 1.165) is 10.0 Å².